The first-order valence-corrected chi connectivity index (χ1v) is 7.89. The summed E-state index contributed by atoms with van der Waals surface area (Å²) in [6.45, 7) is 5.29. The molecule has 0 aliphatic carbocycles. The van der Waals surface area contributed by atoms with Crippen molar-refractivity contribution < 1.29 is 13.5 Å². The van der Waals surface area contributed by atoms with E-state index in [1.807, 2.05) is 13.8 Å². The molecule has 1 rings (SSSR count). The molecule has 1 heterocycles. The largest absolute Gasteiger partial charge is 0.396 e. The van der Waals surface area contributed by atoms with Gasteiger partial charge in [0, 0.05) is 19.7 Å². The Morgan fingerprint density at radius 3 is 2.42 bits per heavy atom. The normalized spacial score (nSPS) is 14.1. The maximum absolute atomic E-state index is 12.3. The third-order valence-electron chi connectivity index (χ3n) is 2.92. The Kier molecular flexibility index (Phi) is 5.37. The van der Waals surface area contributed by atoms with Gasteiger partial charge in [0.2, 0.25) is 10.0 Å². The molecule has 110 valence electrons. The molecule has 0 aromatic carbocycles. The quantitative estimate of drug-likeness (QED) is 0.823. The average Bonchev–Trinajstić information content (AvgIpc) is 2.52. The lowest BCUT2D eigenvalue weighted by atomic mass is 10.0. The molecule has 0 spiro atoms. The fraction of sp³-hybridized carbons (Fsp3) is 0.727. The van der Waals surface area contributed by atoms with Crippen molar-refractivity contribution in [2.24, 2.45) is 13.0 Å². The molecule has 0 aliphatic rings. The highest BCUT2D eigenvalue weighted by Gasteiger charge is 2.28. The second-order valence-corrected chi connectivity index (χ2v) is 6.82. The molecule has 1 atom stereocenters. The monoisotopic (exact) mass is 309 g/mol. The van der Waals surface area contributed by atoms with Gasteiger partial charge in [-0.3, -0.25) is 4.68 Å². The maximum Gasteiger partial charge on any atom is 0.245 e. The van der Waals surface area contributed by atoms with E-state index in [4.69, 9.17) is 16.7 Å². The van der Waals surface area contributed by atoms with Gasteiger partial charge in [0.05, 0.1) is 5.69 Å². The van der Waals surface area contributed by atoms with E-state index in [0.717, 1.165) is 0 Å². The smallest absolute Gasteiger partial charge is 0.245 e. The Hall–Kier alpha value is -0.630. The molecule has 19 heavy (non-hydrogen) atoms. The van der Waals surface area contributed by atoms with Crippen molar-refractivity contribution in [3.8, 4) is 0 Å². The predicted octanol–water partition coefficient (Wildman–Crippen LogP) is 1.07. The molecule has 1 unspecified atom stereocenters. The molecule has 8 heteroatoms. The second-order valence-electron chi connectivity index (χ2n) is 4.81. The molecule has 0 radical (unpaired) electrons. The number of nitrogens with zero attached hydrogens (tertiary/aromatic N) is 2. The number of hydrogen-bond donors (Lipinski definition) is 2. The summed E-state index contributed by atoms with van der Waals surface area (Å²) >= 11 is 5.97. The molecule has 0 fully saturated rings. The number of halogens is 1. The van der Waals surface area contributed by atoms with Crippen LogP contribution >= 0.6 is 11.6 Å². The Labute approximate surface area is 118 Å². The van der Waals surface area contributed by atoms with E-state index in [1.165, 1.54) is 4.68 Å². The van der Waals surface area contributed by atoms with Crippen molar-refractivity contribution in [3.05, 3.63) is 10.8 Å². The summed E-state index contributed by atoms with van der Waals surface area (Å²) in [5, 5.41) is 13.1. The number of aryl methyl sites for hydroxylation is 2. The van der Waals surface area contributed by atoms with Crippen molar-refractivity contribution >= 4 is 21.6 Å². The number of nitrogens with one attached hydrogen (secondary N) is 1. The van der Waals surface area contributed by atoms with E-state index in [-0.39, 0.29) is 28.6 Å². The number of rotatable bonds is 6. The first-order valence-electron chi connectivity index (χ1n) is 6.03. The average molecular weight is 310 g/mol. The Bertz CT molecular complexity index is 540. The standard InChI is InChI=1S/C11H20ClN3O3S/c1-7(2)9(5-6-16)14-19(17,18)10-8(3)13-15(4)11(10)12/h7,9,14,16H,5-6H2,1-4H3. The van der Waals surface area contributed by atoms with Crippen molar-refractivity contribution in [3.63, 3.8) is 0 Å². The van der Waals surface area contributed by atoms with Gasteiger partial charge >= 0.3 is 0 Å². The minimum Gasteiger partial charge on any atom is -0.396 e. The van der Waals surface area contributed by atoms with E-state index in [2.05, 4.69) is 9.82 Å². The highest BCUT2D eigenvalue weighted by molar-refractivity contribution is 7.89. The van der Waals surface area contributed by atoms with Gasteiger partial charge in [-0.2, -0.15) is 5.10 Å². The first kappa shape index (κ1) is 16.4. The third-order valence-corrected chi connectivity index (χ3v) is 5.11. The van der Waals surface area contributed by atoms with E-state index in [9.17, 15) is 8.42 Å². The highest BCUT2D eigenvalue weighted by Crippen LogP contribution is 2.24. The van der Waals surface area contributed by atoms with Crippen LogP contribution in [-0.4, -0.2) is 36.0 Å². The molecule has 0 bridgehead atoms. The van der Waals surface area contributed by atoms with Crippen LogP contribution < -0.4 is 4.72 Å². The van der Waals surface area contributed by atoms with Crippen LogP contribution in [-0.2, 0) is 17.1 Å². The van der Waals surface area contributed by atoms with Crippen LogP contribution in [0.4, 0.5) is 0 Å². The molecule has 6 nitrogen and oxygen atoms in total. The second kappa shape index (κ2) is 6.21. The predicted molar refractivity (Wildman–Crippen MR) is 73.6 cm³/mol. The molecule has 0 aliphatic heterocycles. The Morgan fingerprint density at radius 1 is 1.47 bits per heavy atom. The maximum atomic E-state index is 12.3. The summed E-state index contributed by atoms with van der Waals surface area (Å²) in [5.41, 5.74) is 0.353. The van der Waals surface area contributed by atoms with E-state index >= 15 is 0 Å². The molecule has 1 aromatic heterocycles. The molecule has 1 aromatic rings. The zero-order chi connectivity index (χ0) is 14.8. The topological polar surface area (TPSA) is 84.2 Å². The lowest BCUT2D eigenvalue weighted by Gasteiger charge is -2.21. The highest BCUT2D eigenvalue weighted by atomic mass is 35.5. The Morgan fingerprint density at radius 2 is 2.05 bits per heavy atom. The third kappa shape index (κ3) is 3.68. The van der Waals surface area contributed by atoms with Gasteiger partial charge < -0.3 is 5.11 Å². The van der Waals surface area contributed by atoms with Crippen molar-refractivity contribution in [2.45, 2.75) is 38.1 Å². The number of aliphatic hydroxyl groups excluding tert-OH is 1. The zero-order valence-electron chi connectivity index (χ0n) is 11.5. The molecule has 2 N–H and O–H groups in total. The molecular weight excluding hydrogens is 290 g/mol. The summed E-state index contributed by atoms with van der Waals surface area (Å²) < 4.78 is 28.6. The summed E-state index contributed by atoms with van der Waals surface area (Å²) in [6, 6.07) is -0.342. The van der Waals surface area contributed by atoms with Crippen molar-refractivity contribution in [2.75, 3.05) is 6.61 Å². The van der Waals surface area contributed by atoms with Gasteiger partial charge in [-0.15, -0.1) is 0 Å². The van der Waals surface area contributed by atoms with Gasteiger partial charge in [-0.25, -0.2) is 13.1 Å². The minimum atomic E-state index is -3.74. The molecule has 0 saturated carbocycles. The number of sulfonamides is 1. The number of hydrogen-bond acceptors (Lipinski definition) is 4. The van der Waals surface area contributed by atoms with Crippen LogP contribution in [0.3, 0.4) is 0 Å². The lowest BCUT2D eigenvalue weighted by Crippen LogP contribution is -2.39. The summed E-state index contributed by atoms with van der Waals surface area (Å²) in [7, 11) is -2.16. The fourth-order valence-electron chi connectivity index (χ4n) is 1.84. The van der Waals surface area contributed by atoms with E-state index in [1.54, 1.807) is 14.0 Å². The molecule has 0 amide bonds. The fourth-order valence-corrected chi connectivity index (χ4v) is 4.01. The lowest BCUT2D eigenvalue weighted by molar-refractivity contribution is 0.256. The van der Waals surface area contributed by atoms with Gasteiger partial charge in [0.1, 0.15) is 10.0 Å². The summed E-state index contributed by atoms with van der Waals surface area (Å²) in [4.78, 5) is 0.000237. The van der Waals surface area contributed by atoms with Crippen LogP contribution in [0.15, 0.2) is 4.90 Å². The summed E-state index contributed by atoms with van der Waals surface area (Å²) in [5.74, 6) is 0.0673. The van der Waals surface area contributed by atoms with E-state index in [0.29, 0.717) is 12.1 Å². The van der Waals surface area contributed by atoms with Gasteiger partial charge in [0.15, 0.2) is 0 Å². The number of aliphatic hydroxyl groups is 1. The van der Waals surface area contributed by atoms with Gasteiger partial charge in [-0.05, 0) is 19.3 Å². The van der Waals surface area contributed by atoms with Crippen LogP contribution in [0, 0.1) is 12.8 Å². The zero-order valence-corrected chi connectivity index (χ0v) is 13.1. The van der Waals surface area contributed by atoms with Crippen LogP contribution in [0.25, 0.3) is 0 Å². The van der Waals surface area contributed by atoms with Gasteiger partial charge in [0.25, 0.3) is 0 Å². The summed E-state index contributed by atoms with van der Waals surface area (Å²) in [6.07, 6.45) is 0.355. The SMILES string of the molecule is Cc1nn(C)c(Cl)c1S(=O)(=O)NC(CCO)C(C)C. The van der Waals surface area contributed by atoms with Crippen molar-refractivity contribution in [1.82, 2.24) is 14.5 Å². The number of aromatic nitrogens is 2. The van der Waals surface area contributed by atoms with E-state index < -0.39 is 10.0 Å². The van der Waals surface area contributed by atoms with Crippen LogP contribution in [0.2, 0.25) is 5.15 Å². The van der Waals surface area contributed by atoms with Crippen LogP contribution in [0.5, 0.6) is 0 Å². The minimum absolute atomic E-state index is 0.000237. The Balaban J connectivity index is 3.10. The molecule has 0 saturated heterocycles. The van der Waals surface area contributed by atoms with Gasteiger partial charge in [-0.1, -0.05) is 25.4 Å². The van der Waals surface area contributed by atoms with Crippen LogP contribution in [0.1, 0.15) is 26.0 Å². The van der Waals surface area contributed by atoms with Crippen molar-refractivity contribution in [1.29, 1.82) is 0 Å². The first-order chi connectivity index (χ1) is 8.70. The molecular formula is C11H20ClN3O3S.